The Labute approximate surface area is 58.5 Å². The van der Waals surface area contributed by atoms with Gasteiger partial charge in [0.15, 0.2) is 0 Å². The fourth-order valence-corrected chi connectivity index (χ4v) is 0.654. The van der Waals surface area contributed by atoms with E-state index in [-0.39, 0.29) is 0 Å². The lowest BCUT2D eigenvalue weighted by molar-refractivity contribution is 1.06. The lowest BCUT2D eigenvalue weighted by Gasteiger charge is -1.91. The molecule has 0 aliphatic carbocycles. The van der Waals surface area contributed by atoms with Crippen molar-refractivity contribution in [3.63, 3.8) is 0 Å². The zero-order valence-electron chi connectivity index (χ0n) is 5.36. The van der Waals surface area contributed by atoms with Crippen LogP contribution in [0.1, 0.15) is 0 Å². The van der Waals surface area contributed by atoms with Crippen LogP contribution in [0.4, 0.5) is 11.4 Å². The molecule has 0 spiro atoms. The molecule has 0 aliphatic heterocycles. The minimum atomic E-state index is 0.657. The summed E-state index contributed by atoms with van der Waals surface area (Å²) in [5.74, 6) is 4.83. The topological polar surface area (TPSA) is 76.8 Å². The third-order valence-corrected chi connectivity index (χ3v) is 1.04. The molecule has 52 valence electrons. The maximum Gasteiger partial charge on any atom is 0.0894 e. The molecule has 0 unspecified atom stereocenters. The average molecular weight is 136 g/mol. The second-order valence-corrected chi connectivity index (χ2v) is 1.81. The van der Waals surface area contributed by atoms with Gasteiger partial charge in [-0.2, -0.15) is 0 Å². The van der Waals surface area contributed by atoms with E-state index in [4.69, 9.17) is 11.6 Å². The molecule has 0 fully saturated rings. The van der Waals surface area contributed by atoms with Crippen LogP contribution in [0, 0.1) is 0 Å². The smallest absolute Gasteiger partial charge is 0.0894 e. The van der Waals surface area contributed by atoms with Crippen LogP contribution in [0.15, 0.2) is 34.6 Å². The molecule has 0 bridgehead atoms. The van der Waals surface area contributed by atoms with E-state index in [2.05, 4.69) is 10.3 Å². The molecule has 4 N–H and O–H groups in total. The fourth-order valence-electron chi connectivity index (χ4n) is 0.654. The zero-order valence-corrected chi connectivity index (χ0v) is 5.36. The molecular weight excluding hydrogens is 128 g/mol. The number of rotatable bonds is 1. The van der Waals surface area contributed by atoms with Gasteiger partial charge in [0.2, 0.25) is 0 Å². The van der Waals surface area contributed by atoms with Crippen LogP contribution >= 0.6 is 0 Å². The van der Waals surface area contributed by atoms with Gasteiger partial charge in [-0.1, -0.05) is 11.3 Å². The largest absolute Gasteiger partial charge is 0.399 e. The lowest BCUT2D eigenvalue weighted by atomic mass is 10.3. The highest BCUT2D eigenvalue weighted by Gasteiger charge is 1.87. The predicted octanol–water partition coefficient (Wildman–Crippen LogP) is 1.23. The standard InChI is InChI=1S/C6H8N4/c7-5-2-1-3-6(4-5)9-10-8/h1-4H,7H2,(H2,8,9). The molecule has 0 aliphatic rings. The van der Waals surface area contributed by atoms with Crippen LogP contribution in [-0.2, 0) is 0 Å². The van der Waals surface area contributed by atoms with Crippen molar-refractivity contribution in [1.82, 2.24) is 0 Å². The molecule has 10 heavy (non-hydrogen) atoms. The summed E-state index contributed by atoms with van der Waals surface area (Å²) in [5.41, 5.74) is 6.77. The van der Waals surface area contributed by atoms with Gasteiger partial charge in [0, 0.05) is 5.69 Å². The molecule has 0 saturated heterocycles. The van der Waals surface area contributed by atoms with Crippen molar-refractivity contribution in [3.05, 3.63) is 24.3 Å². The molecule has 0 radical (unpaired) electrons. The number of hydrogen-bond acceptors (Lipinski definition) is 3. The minimum absolute atomic E-state index is 0.657. The van der Waals surface area contributed by atoms with Crippen molar-refractivity contribution in [2.75, 3.05) is 5.73 Å². The fraction of sp³-hybridized carbons (Fsp3) is 0. The number of anilines is 1. The Hall–Kier alpha value is -1.58. The van der Waals surface area contributed by atoms with Gasteiger partial charge in [0.1, 0.15) is 0 Å². The minimum Gasteiger partial charge on any atom is -0.399 e. The molecule has 1 aromatic carbocycles. The van der Waals surface area contributed by atoms with E-state index >= 15 is 0 Å². The summed E-state index contributed by atoms with van der Waals surface area (Å²) in [6.45, 7) is 0. The number of benzene rings is 1. The van der Waals surface area contributed by atoms with Crippen LogP contribution in [0.3, 0.4) is 0 Å². The van der Waals surface area contributed by atoms with Gasteiger partial charge in [0.05, 0.1) is 5.69 Å². The Morgan fingerprint density at radius 1 is 1.30 bits per heavy atom. The molecule has 4 nitrogen and oxygen atoms in total. The molecule has 0 amide bonds. The average Bonchev–Trinajstić information content (AvgIpc) is 1.88. The van der Waals surface area contributed by atoms with E-state index in [1.54, 1.807) is 24.3 Å². The summed E-state index contributed by atoms with van der Waals surface area (Å²) < 4.78 is 0. The van der Waals surface area contributed by atoms with Crippen molar-refractivity contribution < 1.29 is 0 Å². The third-order valence-electron chi connectivity index (χ3n) is 1.04. The monoisotopic (exact) mass is 136 g/mol. The zero-order chi connectivity index (χ0) is 7.40. The summed E-state index contributed by atoms with van der Waals surface area (Å²) in [7, 11) is 0. The summed E-state index contributed by atoms with van der Waals surface area (Å²) in [5, 5.41) is 6.71. The van der Waals surface area contributed by atoms with Crippen LogP contribution < -0.4 is 11.6 Å². The van der Waals surface area contributed by atoms with Crippen LogP contribution in [0.2, 0.25) is 0 Å². The van der Waals surface area contributed by atoms with E-state index in [9.17, 15) is 0 Å². The molecule has 1 rings (SSSR count). The summed E-state index contributed by atoms with van der Waals surface area (Å²) in [4.78, 5) is 0. The van der Waals surface area contributed by atoms with E-state index in [1.165, 1.54) is 0 Å². The van der Waals surface area contributed by atoms with E-state index < -0.39 is 0 Å². The van der Waals surface area contributed by atoms with Gasteiger partial charge < -0.3 is 11.6 Å². The van der Waals surface area contributed by atoms with Gasteiger partial charge in [-0.25, -0.2) is 0 Å². The predicted molar refractivity (Wildman–Crippen MR) is 39.6 cm³/mol. The second kappa shape index (κ2) is 2.82. The molecule has 0 atom stereocenters. The normalized spacial score (nSPS) is 10.4. The van der Waals surface area contributed by atoms with Gasteiger partial charge in [-0.05, 0) is 18.2 Å². The maximum atomic E-state index is 5.45. The molecule has 0 saturated carbocycles. The van der Waals surface area contributed by atoms with Crippen LogP contribution in [0.5, 0.6) is 0 Å². The Balaban J connectivity index is 2.95. The van der Waals surface area contributed by atoms with Crippen molar-refractivity contribution in [1.29, 1.82) is 0 Å². The first-order valence-corrected chi connectivity index (χ1v) is 2.79. The Kier molecular flexibility index (Phi) is 1.84. The van der Waals surface area contributed by atoms with Crippen molar-refractivity contribution in [2.24, 2.45) is 16.2 Å². The van der Waals surface area contributed by atoms with Gasteiger partial charge in [-0.3, -0.25) is 0 Å². The first-order valence-electron chi connectivity index (χ1n) is 2.79. The Morgan fingerprint density at radius 2 is 2.10 bits per heavy atom. The lowest BCUT2D eigenvalue weighted by Crippen LogP contribution is -1.81. The number of hydrogen-bond donors (Lipinski definition) is 2. The molecule has 1 aromatic rings. The quantitative estimate of drug-likeness (QED) is 0.263. The van der Waals surface area contributed by atoms with E-state index in [1.807, 2.05) is 0 Å². The maximum absolute atomic E-state index is 5.45. The van der Waals surface area contributed by atoms with Gasteiger partial charge >= 0.3 is 0 Å². The second-order valence-electron chi connectivity index (χ2n) is 1.81. The van der Waals surface area contributed by atoms with E-state index in [0.29, 0.717) is 11.4 Å². The SMILES string of the molecule is NN=Nc1cccc(N)c1. The summed E-state index contributed by atoms with van der Waals surface area (Å²) in [6.07, 6.45) is 0. The molecule has 0 heterocycles. The summed E-state index contributed by atoms with van der Waals surface area (Å²) in [6, 6.07) is 7.03. The van der Waals surface area contributed by atoms with Gasteiger partial charge in [-0.15, -0.1) is 5.11 Å². The third kappa shape index (κ3) is 1.45. The van der Waals surface area contributed by atoms with Crippen molar-refractivity contribution in [2.45, 2.75) is 0 Å². The Bertz CT molecular complexity index is 243. The highest BCUT2D eigenvalue weighted by molar-refractivity contribution is 5.49. The molecule has 0 aromatic heterocycles. The highest BCUT2D eigenvalue weighted by Crippen LogP contribution is 2.14. The molecule has 4 heteroatoms. The van der Waals surface area contributed by atoms with Crippen molar-refractivity contribution >= 4 is 11.4 Å². The number of nitrogen functional groups attached to an aromatic ring is 1. The van der Waals surface area contributed by atoms with Crippen LogP contribution in [-0.4, -0.2) is 0 Å². The number of nitrogens with two attached hydrogens (primary N) is 2. The Morgan fingerprint density at radius 3 is 2.70 bits per heavy atom. The first kappa shape index (κ1) is 6.54. The van der Waals surface area contributed by atoms with E-state index in [0.717, 1.165) is 0 Å². The summed E-state index contributed by atoms with van der Waals surface area (Å²) >= 11 is 0. The van der Waals surface area contributed by atoms with Crippen molar-refractivity contribution in [3.8, 4) is 0 Å². The van der Waals surface area contributed by atoms with Crippen LogP contribution in [0.25, 0.3) is 0 Å². The van der Waals surface area contributed by atoms with Gasteiger partial charge in [0.25, 0.3) is 0 Å². The highest BCUT2D eigenvalue weighted by atomic mass is 15.3. The number of nitrogens with zero attached hydrogens (tertiary/aromatic N) is 2. The first-order chi connectivity index (χ1) is 4.83. The molecular formula is C6H8N4.